The van der Waals surface area contributed by atoms with E-state index >= 15 is 0 Å². The van der Waals surface area contributed by atoms with Crippen LogP contribution in [0.25, 0.3) is 0 Å². The van der Waals surface area contributed by atoms with E-state index in [-0.39, 0.29) is 41.3 Å². The molecule has 164 valence electrons. The second-order valence-electron chi connectivity index (χ2n) is 6.22. The van der Waals surface area contributed by atoms with Crippen molar-refractivity contribution in [3.8, 4) is 5.75 Å². The van der Waals surface area contributed by atoms with Crippen molar-refractivity contribution in [3.63, 3.8) is 0 Å². The third kappa shape index (κ3) is 7.34. The molecule has 5 N–H and O–H groups in total. The van der Waals surface area contributed by atoms with Gasteiger partial charge >= 0.3 is 0 Å². The van der Waals surface area contributed by atoms with E-state index < -0.39 is 0 Å². The zero-order chi connectivity index (χ0) is 23.6. The Labute approximate surface area is 190 Å². The Morgan fingerprint density at radius 2 is 2.06 bits per heavy atom. The first-order valence-corrected chi connectivity index (χ1v) is 9.85. The number of benzene rings is 1. The number of amides is 1. The normalized spacial score (nSPS) is 12.9. The van der Waals surface area contributed by atoms with Gasteiger partial charge in [0.15, 0.2) is 23.3 Å². The number of rotatable bonds is 7. The van der Waals surface area contributed by atoms with Crippen molar-refractivity contribution in [2.45, 2.75) is 6.92 Å². The van der Waals surface area contributed by atoms with Crippen molar-refractivity contribution < 1.29 is 9.90 Å². The van der Waals surface area contributed by atoms with Gasteiger partial charge < -0.3 is 21.1 Å². The maximum atomic E-state index is 12.2. The molecule has 0 aromatic heterocycles. The van der Waals surface area contributed by atoms with Gasteiger partial charge in [-0.1, -0.05) is 24.8 Å². The maximum Gasteiger partial charge on any atom is 0.257 e. The predicted molar refractivity (Wildman–Crippen MR) is 132 cm³/mol. The highest BCUT2D eigenvalue weighted by Gasteiger charge is 2.16. The number of carbonyl (C=O) groups excluding carboxylic acids is 1. The van der Waals surface area contributed by atoms with Gasteiger partial charge in [-0.05, 0) is 47.8 Å². The summed E-state index contributed by atoms with van der Waals surface area (Å²) < 4.78 is 0.621. The highest BCUT2D eigenvalue weighted by atomic mass is 79.9. The minimum atomic E-state index is -0.337. The molecule has 10 heteroatoms. The fraction of sp³-hybridized carbons (Fsp3) is 0.190. The molecule has 1 amide bonds. The van der Waals surface area contributed by atoms with E-state index in [2.05, 4.69) is 49.5 Å². The van der Waals surface area contributed by atoms with E-state index in [1.807, 2.05) is 6.92 Å². The topological polar surface area (TPSA) is 140 Å². The molecule has 0 unspecified atom stereocenters. The molecular formula is C21H26BrN7O2. The Hall–Kier alpha value is -3.53. The van der Waals surface area contributed by atoms with Gasteiger partial charge in [0, 0.05) is 18.6 Å². The number of hydrogen-bond acceptors (Lipinski definition) is 5. The predicted octanol–water partition coefficient (Wildman–Crippen LogP) is 3.31. The van der Waals surface area contributed by atoms with Crippen LogP contribution < -0.4 is 11.1 Å². The number of para-hydroxylation sites is 1. The van der Waals surface area contributed by atoms with Gasteiger partial charge in [-0.2, -0.15) is 0 Å². The summed E-state index contributed by atoms with van der Waals surface area (Å²) in [5, 5.41) is 21.2. The second kappa shape index (κ2) is 12.2. The maximum absolute atomic E-state index is 12.2. The molecule has 0 spiro atoms. The van der Waals surface area contributed by atoms with Crippen LogP contribution in [0.3, 0.4) is 0 Å². The lowest BCUT2D eigenvalue weighted by Gasteiger charge is -2.15. The summed E-state index contributed by atoms with van der Waals surface area (Å²) in [6.07, 6.45) is 5.10. The molecule has 0 saturated carbocycles. The molecule has 0 heterocycles. The minimum Gasteiger partial charge on any atom is -0.505 e. The molecule has 0 radical (unpaired) electrons. The first-order valence-electron chi connectivity index (χ1n) is 9.06. The third-order valence-electron chi connectivity index (χ3n) is 3.76. The van der Waals surface area contributed by atoms with Crippen molar-refractivity contribution in [2.24, 2.45) is 20.7 Å². The van der Waals surface area contributed by atoms with E-state index in [9.17, 15) is 9.90 Å². The van der Waals surface area contributed by atoms with Crippen LogP contribution in [0.2, 0.25) is 0 Å². The van der Waals surface area contributed by atoms with Crippen LogP contribution in [0.15, 0.2) is 68.2 Å². The van der Waals surface area contributed by atoms with Crippen LogP contribution in [-0.2, 0) is 0 Å². The summed E-state index contributed by atoms with van der Waals surface area (Å²) in [5.41, 5.74) is 6.78. The van der Waals surface area contributed by atoms with Crippen molar-refractivity contribution in [3.05, 3.63) is 58.7 Å². The molecule has 0 aliphatic rings. The van der Waals surface area contributed by atoms with Gasteiger partial charge in [0.2, 0.25) is 0 Å². The molecule has 1 aromatic rings. The lowest BCUT2D eigenvalue weighted by Crippen LogP contribution is -2.25. The zero-order valence-corrected chi connectivity index (χ0v) is 19.3. The van der Waals surface area contributed by atoms with E-state index in [0.717, 1.165) is 0 Å². The monoisotopic (exact) mass is 487 g/mol. The Morgan fingerprint density at radius 1 is 1.39 bits per heavy atom. The molecule has 0 atom stereocenters. The molecule has 9 nitrogen and oxygen atoms in total. The quantitative estimate of drug-likeness (QED) is 0.202. The Bertz CT molecular complexity index is 991. The lowest BCUT2D eigenvalue weighted by atomic mass is 10.1. The summed E-state index contributed by atoms with van der Waals surface area (Å²) in [6.45, 7) is 8.83. The molecule has 31 heavy (non-hydrogen) atoms. The number of nitrogens with one attached hydrogen (secondary N) is 2. The number of phenols is 1. The second-order valence-corrected chi connectivity index (χ2v) is 7.08. The number of carbonyl (C=O) groups is 1. The Morgan fingerprint density at radius 3 is 2.61 bits per heavy atom. The first-order chi connectivity index (χ1) is 14.7. The van der Waals surface area contributed by atoms with Crippen molar-refractivity contribution in [2.75, 3.05) is 26.0 Å². The number of allylic oxidation sites excluding steroid dienone is 4. The van der Waals surface area contributed by atoms with Crippen molar-refractivity contribution in [1.29, 1.82) is 5.41 Å². The van der Waals surface area contributed by atoms with E-state index in [4.69, 9.17) is 11.1 Å². The fourth-order valence-corrected chi connectivity index (χ4v) is 2.44. The van der Waals surface area contributed by atoms with Crippen molar-refractivity contribution in [1.82, 2.24) is 4.90 Å². The van der Waals surface area contributed by atoms with E-state index in [0.29, 0.717) is 15.9 Å². The zero-order valence-electron chi connectivity index (χ0n) is 17.7. The molecule has 0 saturated heterocycles. The molecule has 0 bridgehead atoms. The molecule has 1 rings (SSSR count). The summed E-state index contributed by atoms with van der Waals surface area (Å²) in [7, 11) is 3.19. The number of nitrogens with zero attached hydrogens (tertiary/aromatic N) is 4. The average molecular weight is 488 g/mol. The van der Waals surface area contributed by atoms with Gasteiger partial charge in [0.1, 0.15) is 0 Å². The lowest BCUT2D eigenvalue weighted by molar-refractivity contribution is 0.0824. The average Bonchev–Trinajstić information content (AvgIpc) is 2.75. The molecule has 0 aliphatic heterocycles. The Kier molecular flexibility index (Phi) is 10.1. The number of phenolic OH excluding ortho intramolecular Hbond substituents is 1. The number of nitrogens with two attached hydrogens (primary N) is 1. The summed E-state index contributed by atoms with van der Waals surface area (Å²) in [4.78, 5) is 25.7. The summed E-state index contributed by atoms with van der Waals surface area (Å²) in [5.74, 6) is -0.814. The van der Waals surface area contributed by atoms with Gasteiger partial charge in [-0.15, -0.1) is 0 Å². The van der Waals surface area contributed by atoms with Gasteiger partial charge in [0.25, 0.3) is 5.91 Å². The van der Waals surface area contributed by atoms with Gasteiger partial charge in [-0.3, -0.25) is 10.2 Å². The van der Waals surface area contributed by atoms with Crippen LogP contribution in [0, 0.1) is 5.41 Å². The number of hydrogen-bond donors (Lipinski definition) is 4. The molecular weight excluding hydrogens is 462 g/mol. The van der Waals surface area contributed by atoms with Gasteiger partial charge in [-0.25, -0.2) is 15.0 Å². The summed E-state index contributed by atoms with van der Waals surface area (Å²) in [6, 6.07) is 4.78. The number of amidine groups is 3. The smallest absolute Gasteiger partial charge is 0.257 e. The van der Waals surface area contributed by atoms with Crippen LogP contribution in [0.1, 0.15) is 17.3 Å². The minimum absolute atomic E-state index is 0.0246. The van der Waals surface area contributed by atoms with Crippen LogP contribution >= 0.6 is 15.9 Å². The number of aliphatic imine (C=N–C) groups is 3. The summed E-state index contributed by atoms with van der Waals surface area (Å²) >= 11 is 3.38. The largest absolute Gasteiger partial charge is 0.505 e. The van der Waals surface area contributed by atoms with Crippen LogP contribution in [-0.4, -0.2) is 60.8 Å². The van der Waals surface area contributed by atoms with Gasteiger partial charge in [0.05, 0.1) is 23.5 Å². The number of halogens is 1. The van der Waals surface area contributed by atoms with Crippen LogP contribution in [0.4, 0.5) is 5.69 Å². The molecule has 0 fully saturated rings. The highest BCUT2D eigenvalue weighted by molar-refractivity contribution is 9.11. The van der Waals surface area contributed by atoms with Crippen LogP contribution in [0.5, 0.6) is 5.75 Å². The Balaban J connectivity index is 3.38. The molecule has 1 aromatic carbocycles. The SMILES string of the molecule is C=C/C(Br)=C(\C=C/C)N=C(CNc1cccc(C(=O)N(C)C)c1O)N=C(N)C(=N)N=C. The third-order valence-corrected chi connectivity index (χ3v) is 4.49. The highest BCUT2D eigenvalue weighted by Crippen LogP contribution is 2.28. The first kappa shape index (κ1) is 25.5. The standard InChI is InChI=1S/C21H26BrN7O2/c1-6-9-15(14(22)7-2)27-17(28-20(24)19(23)25-3)12-26-16-11-8-10-13(18(16)30)21(31)29(4)5/h6-11,23,26,30H,2-3,12H2,1,4-5H3,(H2,24,27,28)/b9-6-,15-14-,23-19?. The number of anilines is 1. The fourth-order valence-electron chi connectivity index (χ4n) is 2.22. The molecule has 0 aliphatic carbocycles. The van der Waals surface area contributed by atoms with E-state index in [1.54, 1.807) is 44.5 Å². The number of aromatic hydroxyl groups is 1. The van der Waals surface area contributed by atoms with E-state index in [1.165, 1.54) is 11.0 Å². The van der Waals surface area contributed by atoms with Crippen molar-refractivity contribution >= 4 is 51.7 Å².